The maximum atomic E-state index is 13.5. The number of benzene rings is 2. The number of aromatic nitrogens is 1. The average molecular weight is 580 g/mol. The minimum absolute atomic E-state index is 0.000854. The summed E-state index contributed by atoms with van der Waals surface area (Å²) in [6.45, 7) is 3.28. The number of fused-ring (bicyclic) bond motifs is 1. The number of carboxylic acids is 2. The van der Waals surface area contributed by atoms with E-state index in [1.54, 1.807) is 44.3 Å². The molecule has 0 fully saturated rings. The smallest absolute Gasteiger partial charge is 0.326 e. The van der Waals surface area contributed by atoms with Crippen LogP contribution in [0.3, 0.4) is 0 Å². The van der Waals surface area contributed by atoms with Gasteiger partial charge in [-0.1, -0.05) is 62.4 Å². The van der Waals surface area contributed by atoms with Crippen LogP contribution in [0.2, 0.25) is 0 Å². The Morgan fingerprint density at radius 1 is 0.810 bits per heavy atom. The number of nitrogens with one attached hydrogen (secondary N) is 4. The zero-order valence-electron chi connectivity index (χ0n) is 23.5. The summed E-state index contributed by atoms with van der Waals surface area (Å²) in [4.78, 5) is 65.9. The molecule has 0 spiro atoms. The van der Waals surface area contributed by atoms with Crippen molar-refractivity contribution in [3.05, 3.63) is 71.9 Å². The fraction of sp³-hybridized carbons (Fsp3) is 0.367. The average Bonchev–Trinajstić information content (AvgIpc) is 3.36. The van der Waals surface area contributed by atoms with Gasteiger partial charge in [0.05, 0.1) is 6.04 Å². The Morgan fingerprint density at radius 2 is 1.43 bits per heavy atom. The Bertz CT molecular complexity index is 1410. The highest BCUT2D eigenvalue weighted by Crippen LogP contribution is 2.19. The summed E-state index contributed by atoms with van der Waals surface area (Å²) in [5, 5.41) is 27.3. The number of hydrogen-bond acceptors (Lipinski definition) is 6. The van der Waals surface area contributed by atoms with E-state index in [1.165, 1.54) is 0 Å². The van der Waals surface area contributed by atoms with Crippen molar-refractivity contribution >= 4 is 40.6 Å². The third kappa shape index (κ3) is 8.90. The Labute approximate surface area is 243 Å². The molecule has 4 unspecified atom stereocenters. The van der Waals surface area contributed by atoms with Crippen LogP contribution in [0.4, 0.5) is 0 Å². The van der Waals surface area contributed by atoms with Gasteiger partial charge in [-0.2, -0.15) is 0 Å². The van der Waals surface area contributed by atoms with E-state index >= 15 is 0 Å². The fourth-order valence-corrected chi connectivity index (χ4v) is 4.55. The van der Waals surface area contributed by atoms with Gasteiger partial charge in [0.2, 0.25) is 17.7 Å². The molecule has 0 aliphatic carbocycles. The number of aliphatic carboxylic acids is 2. The molecular weight excluding hydrogens is 542 g/mol. The van der Waals surface area contributed by atoms with Crippen LogP contribution < -0.4 is 21.7 Å². The summed E-state index contributed by atoms with van der Waals surface area (Å²) < 4.78 is 0. The van der Waals surface area contributed by atoms with Gasteiger partial charge in [-0.15, -0.1) is 0 Å². The van der Waals surface area contributed by atoms with Crippen LogP contribution >= 0.6 is 0 Å². The quantitative estimate of drug-likeness (QED) is 0.140. The van der Waals surface area contributed by atoms with Crippen LogP contribution in [0.1, 0.15) is 37.8 Å². The summed E-state index contributed by atoms with van der Waals surface area (Å²) in [7, 11) is 0. The molecule has 0 aliphatic heterocycles. The molecule has 0 aliphatic rings. The van der Waals surface area contributed by atoms with Crippen molar-refractivity contribution in [1.82, 2.24) is 20.9 Å². The van der Waals surface area contributed by atoms with Gasteiger partial charge in [0.15, 0.2) is 0 Å². The molecule has 0 bridgehead atoms. The van der Waals surface area contributed by atoms with Crippen LogP contribution in [0.25, 0.3) is 10.9 Å². The monoisotopic (exact) mass is 579 g/mol. The topological polar surface area (TPSA) is 204 Å². The first-order valence-corrected chi connectivity index (χ1v) is 13.7. The van der Waals surface area contributed by atoms with E-state index in [2.05, 4.69) is 20.9 Å². The van der Waals surface area contributed by atoms with Gasteiger partial charge in [0, 0.05) is 29.9 Å². The number of carbonyl (C=O) groups excluding carboxylic acids is 3. The van der Waals surface area contributed by atoms with Gasteiger partial charge in [-0.3, -0.25) is 19.2 Å². The molecule has 0 saturated carbocycles. The van der Waals surface area contributed by atoms with E-state index in [0.29, 0.717) is 5.56 Å². The van der Waals surface area contributed by atoms with Crippen LogP contribution in [0.15, 0.2) is 60.8 Å². The summed E-state index contributed by atoms with van der Waals surface area (Å²) in [5.74, 6) is -5.04. The third-order valence-electron chi connectivity index (χ3n) is 6.88. The van der Waals surface area contributed by atoms with Crippen molar-refractivity contribution in [2.75, 3.05) is 0 Å². The van der Waals surface area contributed by atoms with Crippen LogP contribution in [-0.4, -0.2) is 69.0 Å². The zero-order valence-corrected chi connectivity index (χ0v) is 23.5. The van der Waals surface area contributed by atoms with Crippen molar-refractivity contribution in [1.29, 1.82) is 0 Å². The fourth-order valence-electron chi connectivity index (χ4n) is 4.55. The van der Waals surface area contributed by atoms with Crippen LogP contribution in [0.5, 0.6) is 0 Å². The van der Waals surface area contributed by atoms with E-state index in [0.717, 1.165) is 16.5 Å². The van der Waals surface area contributed by atoms with Crippen LogP contribution in [0, 0.1) is 5.92 Å². The number of carbonyl (C=O) groups is 5. The molecule has 4 atom stereocenters. The standard InChI is InChI=1S/C30H37N5O7/c1-17(2)26(30(41)42)35-29(40)24(15-19-16-32-22-11-7-6-10-20(19)22)34-28(39)23(12-13-25(36)37)33-27(38)21(31)14-18-8-4-3-5-9-18/h3-11,16-17,21,23-24,26,32H,12-15,31H2,1-2H3,(H,33,38)(H,34,39)(H,35,40)(H,36,37)(H,41,42). The number of amides is 3. The summed E-state index contributed by atoms with van der Waals surface area (Å²) in [6.07, 6.45) is 1.20. The lowest BCUT2D eigenvalue weighted by Crippen LogP contribution is -2.58. The first kappa shape index (κ1) is 31.8. The maximum Gasteiger partial charge on any atom is 0.326 e. The lowest BCUT2D eigenvalue weighted by Gasteiger charge is -2.26. The molecule has 3 rings (SSSR count). The molecule has 3 amide bonds. The molecule has 3 aromatic rings. The Hall–Kier alpha value is -4.71. The van der Waals surface area contributed by atoms with Gasteiger partial charge < -0.3 is 36.9 Å². The number of aromatic amines is 1. The molecule has 0 saturated heterocycles. The van der Waals surface area contributed by atoms with E-state index in [1.807, 2.05) is 30.3 Å². The van der Waals surface area contributed by atoms with Gasteiger partial charge in [0.25, 0.3) is 0 Å². The van der Waals surface area contributed by atoms with E-state index in [-0.39, 0.29) is 19.3 Å². The van der Waals surface area contributed by atoms with Crippen molar-refractivity contribution in [3.8, 4) is 0 Å². The molecule has 2 aromatic carbocycles. The van der Waals surface area contributed by atoms with Gasteiger partial charge >= 0.3 is 11.9 Å². The van der Waals surface area contributed by atoms with Crippen molar-refractivity contribution in [2.24, 2.45) is 11.7 Å². The van der Waals surface area contributed by atoms with Crippen molar-refractivity contribution in [3.63, 3.8) is 0 Å². The number of H-pyrrole nitrogens is 1. The van der Waals surface area contributed by atoms with E-state index in [4.69, 9.17) is 5.73 Å². The maximum absolute atomic E-state index is 13.5. The number of rotatable bonds is 15. The second-order valence-electron chi connectivity index (χ2n) is 10.5. The first-order chi connectivity index (χ1) is 20.0. The normalized spacial score (nSPS) is 14.0. The molecule has 42 heavy (non-hydrogen) atoms. The predicted octanol–water partition coefficient (Wildman–Crippen LogP) is 1.34. The third-order valence-corrected chi connectivity index (χ3v) is 6.88. The number of carboxylic acid groups (broad SMARTS) is 2. The largest absolute Gasteiger partial charge is 0.481 e. The molecule has 0 radical (unpaired) electrons. The van der Waals surface area contributed by atoms with Gasteiger partial charge in [-0.25, -0.2) is 4.79 Å². The minimum atomic E-state index is -1.31. The number of hydrogen-bond donors (Lipinski definition) is 7. The molecular formula is C30H37N5O7. The number of nitrogens with two attached hydrogens (primary N) is 1. The van der Waals surface area contributed by atoms with E-state index in [9.17, 15) is 34.2 Å². The minimum Gasteiger partial charge on any atom is -0.481 e. The lowest BCUT2D eigenvalue weighted by atomic mass is 10.0. The van der Waals surface area contributed by atoms with Crippen molar-refractivity contribution in [2.45, 2.75) is 63.7 Å². The Morgan fingerprint density at radius 3 is 2.07 bits per heavy atom. The second-order valence-corrected chi connectivity index (χ2v) is 10.5. The summed E-state index contributed by atoms with van der Waals surface area (Å²) in [6, 6.07) is 11.6. The Balaban J connectivity index is 1.83. The number of para-hydroxylation sites is 1. The highest BCUT2D eigenvalue weighted by Gasteiger charge is 2.32. The molecule has 1 heterocycles. The second kappa shape index (κ2) is 14.8. The zero-order chi connectivity index (χ0) is 30.8. The van der Waals surface area contributed by atoms with Gasteiger partial charge in [-0.05, 0) is 36.0 Å². The highest BCUT2D eigenvalue weighted by molar-refractivity contribution is 5.95. The lowest BCUT2D eigenvalue weighted by molar-refractivity contribution is -0.143. The summed E-state index contributed by atoms with van der Waals surface area (Å²) >= 11 is 0. The van der Waals surface area contributed by atoms with Crippen molar-refractivity contribution < 1.29 is 34.2 Å². The molecule has 12 heteroatoms. The first-order valence-electron chi connectivity index (χ1n) is 13.7. The molecule has 12 nitrogen and oxygen atoms in total. The molecule has 1 aromatic heterocycles. The van der Waals surface area contributed by atoms with Crippen LogP contribution in [-0.2, 0) is 36.8 Å². The SMILES string of the molecule is CC(C)C(NC(=O)C(Cc1c[nH]c2ccccc12)NC(=O)C(CCC(=O)O)NC(=O)C(N)Cc1ccccc1)C(=O)O. The Kier molecular flexibility index (Phi) is 11.2. The molecule has 8 N–H and O–H groups in total. The highest BCUT2D eigenvalue weighted by atomic mass is 16.4. The van der Waals surface area contributed by atoms with Gasteiger partial charge in [0.1, 0.15) is 18.1 Å². The molecule has 224 valence electrons. The summed E-state index contributed by atoms with van der Waals surface area (Å²) in [5.41, 5.74) is 8.38. The predicted molar refractivity (Wildman–Crippen MR) is 155 cm³/mol. The van der Waals surface area contributed by atoms with E-state index < -0.39 is 66.2 Å².